The minimum absolute atomic E-state index is 0. The number of terminal acetylenes is 1. The molecule has 4 saturated carbocycles. The molecule has 4 unspecified atom stereocenters. The van der Waals surface area contributed by atoms with E-state index in [2.05, 4.69) is 204 Å². The number of hydrogen-bond acceptors (Lipinski definition) is 10. The zero-order valence-corrected chi connectivity index (χ0v) is 77.4. The maximum absolute atomic E-state index is 14.0. The zero-order valence-electron chi connectivity index (χ0n) is 75.8. The van der Waals surface area contributed by atoms with Crippen LogP contribution in [-0.2, 0) is 131 Å². The van der Waals surface area contributed by atoms with Crippen molar-refractivity contribution in [1.82, 2.24) is 19.6 Å². The molecule has 15 heteroatoms. The molecule has 14 nitrogen and oxygen atoms in total. The molecular formula is C118H148BrN9O5. The third-order valence-corrected chi connectivity index (χ3v) is 33.6. The molecule has 133 heavy (non-hydrogen) atoms. The number of carbonyl (C=O) groups is 4. The Morgan fingerprint density at radius 2 is 0.647 bits per heavy atom. The molecule has 3 N–H and O–H groups in total. The summed E-state index contributed by atoms with van der Waals surface area (Å²) in [7, 11) is 8.43. The number of halogens is 1. The number of aliphatic hydroxyl groups excluding tert-OH is 1. The molecule has 4 fully saturated rings. The summed E-state index contributed by atoms with van der Waals surface area (Å²) < 4.78 is 1.02. The number of rotatable bonds is 6. The molecule has 4 aliphatic heterocycles. The molecule has 4 atom stereocenters. The number of fused-ring (bicyclic) bond motifs is 16. The topological polar surface area (TPSA) is 177 Å². The van der Waals surface area contributed by atoms with Crippen molar-refractivity contribution in [2.24, 2.45) is 71.0 Å². The van der Waals surface area contributed by atoms with E-state index in [1.165, 1.54) is 148 Å². The van der Waals surface area contributed by atoms with E-state index in [-0.39, 0.29) is 89.8 Å². The number of amides is 4. The van der Waals surface area contributed by atoms with Gasteiger partial charge in [-0.3, -0.25) is 39.1 Å². The lowest BCUT2D eigenvalue weighted by Crippen LogP contribution is -2.49. The number of carbonyl (C=O) groups excluding carboxylic acids is 4. The van der Waals surface area contributed by atoms with E-state index >= 15 is 0 Å². The number of hydrogen-bond donors (Lipinski definition) is 2. The summed E-state index contributed by atoms with van der Waals surface area (Å²) in [5.74, 6) is 15.9. The smallest absolute Gasteiger partial charge is 0.262 e. The van der Waals surface area contributed by atoms with Crippen LogP contribution in [0.15, 0.2) is 194 Å². The van der Waals surface area contributed by atoms with Gasteiger partial charge in [-0.2, -0.15) is 0 Å². The van der Waals surface area contributed by atoms with Gasteiger partial charge in [0.1, 0.15) is 17.5 Å². The number of guanidine groups is 1. The molecule has 0 saturated heterocycles. The Morgan fingerprint density at radius 3 is 0.910 bits per heavy atom. The van der Waals surface area contributed by atoms with Crippen molar-refractivity contribution in [1.29, 1.82) is 0 Å². The van der Waals surface area contributed by atoms with E-state index in [0.717, 1.165) is 204 Å². The van der Waals surface area contributed by atoms with Crippen LogP contribution in [0, 0.1) is 69.5 Å². The molecule has 8 spiro atoms. The van der Waals surface area contributed by atoms with Crippen LogP contribution in [0.4, 0.5) is 0 Å². The van der Waals surface area contributed by atoms with E-state index < -0.39 is 22.2 Å². The molecule has 0 bridgehead atoms. The highest BCUT2D eigenvalue weighted by Crippen LogP contribution is 2.66. The van der Waals surface area contributed by atoms with Crippen molar-refractivity contribution in [3.63, 3.8) is 0 Å². The van der Waals surface area contributed by atoms with Crippen LogP contribution in [0.1, 0.15) is 287 Å². The standard InChI is InChI=1S/C28H32N2O.C28H28N2O.C27H31N3O.C23H23BrN2O.C5H6.CH4O.6CH4/c2*1-19-29-28(26(31)30(19)2)25-17-21(10-9-20-7-8-20)11-12-24(25)18-27(28)15-13-22-5-3-4-6-23(22)14-16-27;1-30-24(31)27(29-25(30)28)23-16-19(9-8-18-6-7-18)10-11-22(23)17-26(27)14-12-20-4-2-3-5-21(20)13-15-26;1-15-25-23(21(27)26(15)2)20-13-19(24)8-7-18(20)14-22(23)11-9-16-5-3-4-6-17(16)10-12-22;1-2-5-3-4-5;1-2;;;;;;/h3-6,11-12,17,20H,7-10,13-16,18H2,1-2H3;3-6,11-12,17,20H,7-8,13-16,18H2,1-2H3;2-5,10-11,16,18H,6-9,12-15,17H2,1H3,(H2,28,29);3-8,13H,9-12,14H2,1-2H3;1,5H,3-4H2;2H,1H3;6*1H4. The highest BCUT2D eigenvalue weighted by molar-refractivity contribution is 9.10. The normalized spacial score (nSPS) is 24.2. The number of aliphatic hydroxyl groups is 1. The molecule has 4 amide bonds. The quantitative estimate of drug-likeness (QED) is 0.157. The second-order valence-electron chi connectivity index (χ2n) is 40.3. The molecule has 12 aliphatic carbocycles. The van der Waals surface area contributed by atoms with Gasteiger partial charge in [-0.15, -0.1) is 12.3 Å². The predicted octanol–water partition coefficient (Wildman–Crippen LogP) is 23.1. The van der Waals surface area contributed by atoms with Gasteiger partial charge < -0.3 is 25.5 Å². The first kappa shape index (κ1) is 100. The minimum Gasteiger partial charge on any atom is -0.400 e. The Bertz CT molecular complexity index is 5710. The fourth-order valence-electron chi connectivity index (χ4n) is 24.9. The van der Waals surface area contributed by atoms with Gasteiger partial charge in [-0.05, 0) is 337 Å². The third kappa shape index (κ3) is 17.2. The summed E-state index contributed by atoms with van der Waals surface area (Å²) in [6.07, 6.45) is 40.0. The monoisotopic (exact) mass is 1850 g/mol. The van der Waals surface area contributed by atoms with Crippen LogP contribution < -0.4 is 5.73 Å². The summed E-state index contributed by atoms with van der Waals surface area (Å²) in [6.45, 7) is 5.93. The lowest BCUT2D eigenvalue weighted by atomic mass is 9.65. The number of benzene rings is 8. The summed E-state index contributed by atoms with van der Waals surface area (Å²) >= 11 is 3.62. The van der Waals surface area contributed by atoms with E-state index in [9.17, 15) is 19.2 Å². The first-order chi connectivity index (χ1) is 61.5. The van der Waals surface area contributed by atoms with Crippen LogP contribution >= 0.6 is 15.9 Å². The third-order valence-electron chi connectivity index (χ3n) is 33.1. The molecule has 16 aliphatic rings. The summed E-state index contributed by atoms with van der Waals surface area (Å²) in [5.41, 5.74) is 27.4. The van der Waals surface area contributed by atoms with Gasteiger partial charge in [0.05, 0.1) is 0 Å². The van der Waals surface area contributed by atoms with Gasteiger partial charge in [0.15, 0.2) is 28.1 Å². The maximum Gasteiger partial charge on any atom is 0.262 e. The number of nitrogens with two attached hydrogens (primary N) is 1. The first-order valence-electron chi connectivity index (χ1n) is 47.5. The fourth-order valence-corrected chi connectivity index (χ4v) is 25.2. The second-order valence-corrected chi connectivity index (χ2v) is 41.2. The van der Waals surface area contributed by atoms with E-state index in [1.54, 1.807) is 21.7 Å². The molecule has 24 rings (SSSR count). The van der Waals surface area contributed by atoms with Crippen molar-refractivity contribution in [2.45, 2.75) is 293 Å². The summed E-state index contributed by atoms with van der Waals surface area (Å²) in [6, 6.07) is 62.0. The molecule has 4 heterocycles. The molecular weight excluding hydrogens is 1700 g/mol. The Labute approximate surface area is 805 Å². The highest BCUT2D eigenvalue weighted by atomic mass is 79.9. The van der Waals surface area contributed by atoms with Gasteiger partial charge in [0, 0.05) is 78.8 Å². The van der Waals surface area contributed by atoms with Gasteiger partial charge >= 0.3 is 0 Å². The van der Waals surface area contributed by atoms with Crippen molar-refractivity contribution in [2.75, 3.05) is 35.3 Å². The number of likely N-dealkylation sites (N-methyl/N-ethyl adjacent to an activating group) is 4. The van der Waals surface area contributed by atoms with Crippen molar-refractivity contribution < 1.29 is 24.3 Å². The average Bonchev–Trinajstić information content (AvgIpc) is 1.54. The number of aliphatic imine (C=N–C) groups is 4. The lowest BCUT2D eigenvalue weighted by molar-refractivity contribution is -0.136. The molecule has 0 radical (unpaired) electrons. The fraction of sp³-hybridized carbons (Fsp3) is 0.492. The van der Waals surface area contributed by atoms with Crippen molar-refractivity contribution in [3.05, 3.63) is 280 Å². The minimum atomic E-state index is -0.862. The largest absolute Gasteiger partial charge is 0.400 e. The van der Waals surface area contributed by atoms with Gasteiger partial charge in [0.25, 0.3) is 23.6 Å². The molecule has 8 aromatic rings. The SMILES string of the molecule is C.C.C.C.C.C.C#CC1CC1.CC1=NC2(C(=O)N1C)c1cc(Br)ccc1CC21CCc2ccccc2CC1.CC1=NC2(C(=O)N1C)c1cc(C#CC3CC3)ccc1CC21CCc2ccccc2CC1.CC1=NC2(C(=O)N1C)c1cc(CCC3CC3)ccc1CC21CCc2ccccc2CC1.CN1C(=O)C2(N=C1N)c1cc(CCC3CC3)ccc1CC21CCc2ccccc2CC1.CO. The van der Waals surface area contributed by atoms with E-state index in [0.29, 0.717) is 17.8 Å². The summed E-state index contributed by atoms with van der Waals surface area (Å²) in [4.78, 5) is 83.0. The van der Waals surface area contributed by atoms with Crippen LogP contribution in [0.3, 0.4) is 0 Å². The van der Waals surface area contributed by atoms with Crippen LogP contribution in [0.2, 0.25) is 0 Å². The molecule has 0 aromatic heterocycles. The van der Waals surface area contributed by atoms with Crippen molar-refractivity contribution >= 4 is 63.0 Å². The molecule has 702 valence electrons. The zero-order chi connectivity index (χ0) is 88.2. The number of nitrogens with zero attached hydrogens (tertiary/aromatic N) is 8. The molecule has 8 aromatic carbocycles. The second kappa shape index (κ2) is 39.2. The Balaban J connectivity index is 0.000000145. The van der Waals surface area contributed by atoms with Crippen LogP contribution in [0.25, 0.3) is 0 Å². The van der Waals surface area contributed by atoms with Gasteiger partial charge in [0.2, 0.25) is 0 Å². The predicted molar refractivity (Wildman–Crippen MR) is 551 cm³/mol. The Morgan fingerprint density at radius 1 is 0.368 bits per heavy atom. The van der Waals surface area contributed by atoms with Gasteiger partial charge in [-0.1, -0.05) is 244 Å². The van der Waals surface area contributed by atoms with Crippen LogP contribution in [0.5, 0.6) is 0 Å². The Kier molecular flexibility index (Phi) is 29.5. The van der Waals surface area contributed by atoms with Crippen LogP contribution in [-0.4, -0.2) is 107 Å². The van der Waals surface area contributed by atoms with E-state index in [1.807, 2.05) is 46.8 Å². The average molecular weight is 1850 g/mol. The number of aryl methyl sites for hydroxylation is 10. The lowest BCUT2D eigenvalue weighted by Gasteiger charge is -2.40. The first-order valence-corrected chi connectivity index (χ1v) is 48.3. The Hall–Kier alpha value is -10.3. The van der Waals surface area contributed by atoms with E-state index in [4.69, 9.17) is 37.2 Å². The maximum atomic E-state index is 14.0. The van der Waals surface area contributed by atoms with Crippen molar-refractivity contribution in [3.8, 4) is 24.2 Å². The summed E-state index contributed by atoms with van der Waals surface area (Å²) in [5, 5.41) is 7.00. The number of amidine groups is 3. The highest BCUT2D eigenvalue weighted by Gasteiger charge is 2.70. The van der Waals surface area contributed by atoms with Gasteiger partial charge in [-0.25, -0.2) is 4.99 Å².